The van der Waals surface area contributed by atoms with Crippen LogP contribution in [0.15, 0.2) is 54.6 Å². The normalized spacial score (nSPS) is 7.31. The van der Waals surface area contributed by atoms with Crippen molar-refractivity contribution < 1.29 is 16.8 Å². The third-order valence-corrected chi connectivity index (χ3v) is 1.38. The molecule has 2 aromatic rings. The predicted molar refractivity (Wildman–Crippen MR) is 52.0 cm³/mol. The molecule has 0 spiro atoms. The Morgan fingerprint density at radius 2 is 1.31 bits per heavy atom. The topological polar surface area (TPSA) is 0 Å². The molecule has 13 heavy (non-hydrogen) atoms. The van der Waals surface area contributed by atoms with Crippen LogP contribution < -0.4 is 0 Å². The molecule has 0 saturated heterocycles. The van der Waals surface area contributed by atoms with Gasteiger partial charge in [0.25, 0.3) is 0 Å². The molecule has 1 radical (unpaired) electrons. The van der Waals surface area contributed by atoms with Crippen molar-refractivity contribution in [1.82, 2.24) is 0 Å². The Morgan fingerprint density at radius 1 is 0.923 bits per heavy atom. The molecule has 0 N–H and O–H groups in total. The Kier molecular flexibility index (Phi) is 6.71. The van der Waals surface area contributed by atoms with E-state index in [9.17, 15) is 0 Å². The van der Waals surface area contributed by atoms with Crippen LogP contribution in [-0.2, 0) is 16.8 Å². The molecule has 73 valence electrons. The van der Waals surface area contributed by atoms with Gasteiger partial charge in [-0.3, -0.25) is 0 Å². The van der Waals surface area contributed by atoms with Crippen LogP contribution in [0.3, 0.4) is 0 Å². The molecule has 0 nitrogen and oxygen atoms in total. The first-order valence-electron chi connectivity index (χ1n) is 3.78. The Bertz CT molecular complexity index is 291. The van der Waals surface area contributed by atoms with Crippen LogP contribution in [0.2, 0.25) is 0 Å². The first-order valence-corrected chi connectivity index (χ1v) is 3.78. The molecule has 0 heterocycles. The quantitative estimate of drug-likeness (QED) is 0.466. The number of rotatable bonds is 0. The van der Waals surface area contributed by atoms with Crippen LogP contribution in [0, 0.1) is 12.3 Å². The summed E-state index contributed by atoms with van der Waals surface area (Å²) in [5.74, 6) is 2.51. The fraction of sp³-hybridized carbons (Fsp3) is 0. The fourth-order valence-electron chi connectivity index (χ4n) is 0.791. The molecule has 2 rings (SSSR count). The molecule has 0 unspecified atom stereocenters. The van der Waals surface area contributed by atoms with Crippen LogP contribution in [0.4, 0.5) is 0 Å². The van der Waals surface area contributed by atoms with Crippen molar-refractivity contribution >= 4 is 0 Å². The standard InChI is InChI=1S/C7H5.C5H5.Co/c1-2-7-5-3-4-6-7;1-2-4-5-3-1;/h1,3-6H;1-5H;/q-1;-5;. The van der Waals surface area contributed by atoms with E-state index in [2.05, 4.69) is 5.92 Å². The molecule has 2 aromatic carbocycles. The van der Waals surface area contributed by atoms with E-state index in [1.165, 1.54) is 0 Å². The fourth-order valence-corrected chi connectivity index (χ4v) is 0.791. The van der Waals surface area contributed by atoms with Gasteiger partial charge in [0, 0.05) is 16.8 Å². The Labute approximate surface area is 89.5 Å². The van der Waals surface area contributed by atoms with Crippen molar-refractivity contribution in [3.8, 4) is 12.3 Å². The summed E-state index contributed by atoms with van der Waals surface area (Å²) in [4.78, 5) is 0. The van der Waals surface area contributed by atoms with Crippen molar-refractivity contribution in [1.29, 1.82) is 0 Å². The first kappa shape index (κ1) is 11.8. The number of terminal acetylenes is 1. The van der Waals surface area contributed by atoms with E-state index >= 15 is 0 Å². The molecule has 0 aliphatic heterocycles. The van der Waals surface area contributed by atoms with Crippen molar-refractivity contribution in [3.63, 3.8) is 0 Å². The molecule has 0 aromatic heterocycles. The molecule has 1 heteroatoms. The van der Waals surface area contributed by atoms with Gasteiger partial charge >= 0.3 is 0 Å². The zero-order chi connectivity index (χ0) is 8.65. The summed E-state index contributed by atoms with van der Waals surface area (Å²) in [6.45, 7) is 0. The molecule has 0 saturated carbocycles. The second-order valence-electron chi connectivity index (χ2n) is 2.28. The zero-order valence-electron chi connectivity index (χ0n) is 7.11. The molecule has 0 fully saturated rings. The van der Waals surface area contributed by atoms with Crippen LogP contribution in [-0.4, -0.2) is 0 Å². The largest absolute Gasteiger partial charge is 0.748 e. The summed E-state index contributed by atoms with van der Waals surface area (Å²) in [5.41, 5.74) is 0.958. The number of hydrogen-bond donors (Lipinski definition) is 0. The summed E-state index contributed by atoms with van der Waals surface area (Å²) in [7, 11) is 0. The van der Waals surface area contributed by atoms with Gasteiger partial charge in [-0.1, -0.05) is 5.56 Å². The number of hydrogen-bond acceptors (Lipinski definition) is 0. The van der Waals surface area contributed by atoms with Crippen molar-refractivity contribution in [2.45, 2.75) is 0 Å². The minimum absolute atomic E-state index is 0. The van der Waals surface area contributed by atoms with Crippen molar-refractivity contribution in [3.05, 3.63) is 60.2 Å². The maximum Gasteiger partial charge on any atom is 0 e. The van der Waals surface area contributed by atoms with Gasteiger partial charge in [-0.05, 0) is 0 Å². The van der Waals surface area contributed by atoms with Crippen molar-refractivity contribution in [2.24, 2.45) is 0 Å². The third-order valence-electron chi connectivity index (χ3n) is 1.38. The monoisotopic (exact) mass is 213 g/mol. The zero-order valence-corrected chi connectivity index (χ0v) is 8.15. The van der Waals surface area contributed by atoms with E-state index in [1.54, 1.807) is 0 Å². The Balaban J connectivity index is 0.000000215. The van der Waals surface area contributed by atoms with Gasteiger partial charge in [-0.25, -0.2) is 6.42 Å². The van der Waals surface area contributed by atoms with E-state index in [4.69, 9.17) is 6.42 Å². The summed E-state index contributed by atoms with van der Waals surface area (Å²) >= 11 is 0. The van der Waals surface area contributed by atoms with Crippen LogP contribution >= 0.6 is 0 Å². The second kappa shape index (κ2) is 7.42. The van der Waals surface area contributed by atoms with Gasteiger partial charge in [0.15, 0.2) is 0 Å². The van der Waals surface area contributed by atoms with E-state index in [0.29, 0.717) is 0 Å². The van der Waals surface area contributed by atoms with Crippen molar-refractivity contribution in [2.75, 3.05) is 0 Å². The average Bonchev–Trinajstić information content (AvgIpc) is 2.81. The summed E-state index contributed by atoms with van der Waals surface area (Å²) < 4.78 is 0. The second-order valence-corrected chi connectivity index (χ2v) is 2.28. The third kappa shape index (κ3) is 5.08. The van der Waals surface area contributed by atoms with Gasteiger partial charge in [0.1, 0.15) is 0 Å². The van der Waals surface area contributed by atoms with Gasteiger partial charge < -0.3 is 30.3 Å². The minimum Gasteiger partial charge on any atom is -0.748 e. The smallest absolute Gasteiger partial charge is 0 e. The van der Waals surface area contributed by atoms with Gasteiger partial charge in [-0.2, -0.15) is 18.1 Å². The molecule has 0 amide bonds. The van der Waals surface area contributed by atoms with Gasteiger partial charge in [-0.15, -0.1) is 12.1 Å². The molecule has 0 aliphatic rings. The van der Waals surface area contributed by atoms with E-state index < -0.39 is 0 Å². The molecular formula is C12H10Co-6. The van der Waals surface area contributed by atoms with Crippen LogP contribution in [0.5, 0.6) is 0 Å². The predicted octanol–water partition coefficient (Wildman–Crippen LogP) is 2.79. The minimum atomic E-state index is 0. The summed E-state index contributed by atoms with van der Waals surface area (Å²) in [6, 6.07) is 17.7. The van der Waals surface area contributed by atoms with Crippen LogP contribution in [0.25, 0.3) is 0 Å². The maximum atomic E-state index is 5.04. The van der Waals surface area contributed by atoms with E-state index in [0.717, 1.165) is 5.56 Å². The van der Waals surface area contributed by atoms with Crippen LogP contribution in [0.1, 0.15) is 5.56 Å². The maximum absolute atomic E-state index is 5.04. The molecule has 0 atom stereocenters. The Morgan fingerprint density at radius 3 is 1.54 bits per heavy atom. The average molecular weight is 213 g/mol. The van der Waals surface area contributed by atoms with Gasteiger partial charge in [0.05, 0.1) is 0 Å². The Hall–Kier alpha value is -1.23. The van der Waals surface area contributed by atoms with E-state index in [-0.39, 0.29) is 16.8 Å². The summed E-state index contributed by atoms with van der Waals surface area (Å²) in [6.07, 6.45) is 5.04. The summed E-state index contributed by atoms with van der Waals surface area (Å²) in [5, 5.41) is 0. The van der Waals surface area contributed by atoms with E-state index in [1.807, 2.05) is 54.6 Å². The SMILES string of the molecule is C#C[c-]1cccc1.[Co].[cH-]1[cH-][cH-][cH-][cH-]1. The molecule has 0 bridgehead atoms. The first-order chi connectivity index (χ1) is 5.93. The van der Waals surface area contributed by atoms with Gasteiger partial charge in [0.2, 0.25) is 0 Å². The molecular weight excluding hydrogens is 203 g/mol. The molecule has 0 aliphatic carbocycles.